The van der Waals surface area contributed by atoms with E-state index in [4.69, 9.17) is 14.2 Å². The lowest BCUT2D eigenvalue weighted by molar-refractivity contribution is -0.150. The number of amides is 1. The van der Waals surface area contributed by atoms with Crippen molar-refractivity contribution in [2.45, 2.75) is 32.1 Å². The number of anilines is 1. The molecule has 28 heavy (non-hydrogen) atoms. The molecule has 0 radical (unpaired) electrons. The van der Waals surface area contributed by atoms with Crippen molar-refractivity contribution >= 4 is 17.6 Å². The smallest absolute Gasteiger partial charge is 0.317 e. The van der Waals surface area contributed by atoms with Gasteiger partial charge in [0, 0.05) is 11.8 Å². The van der Waals surface area contributed by atoms with Crippen LogP contribution >= 0.6 is 0 Å². The Labute approximate surface area is 164 Å². The van der Waals surface area contributed by atoms with Gasteiger partial charge in [-0.3, -0.25) is 9.59 Å². The van der Waals surface area contributed by atoms with Crippen molar-refractivity contribution in [3.8, 4) is 11.5 Å². The van der Waals surface area contributed by atoms with Crippen LogP contribution in [0.1, 0.15) is 32.3 Å². The van der Waals surface area contributed by atoms with Crippen molar-refractivity contribution in [2.24, 2.45) is 0 Å². The Morgan fingerprint density at radius 1 is 0.964 bits per heavy atom. The Kier molecular flexibility index (Phi) is 6.19. The third-order valence-electron chi connectivity index (χ3n) is 4.63. The predicted octanol–water partition coefficient (Wildman–Crippen LogP) is 3.70. The van der Waals surface area contributed by atoms with Gasteiger partial charge in [0.05, 0.1) is 18.6 Å². The maximum absolute atomic E-state index is 12.5. The molecule has 1 amide bonds. The highest BCUT2D eigenvalue weighted by atomic mass is 16.5. The lowest BCUT2D eigenvalue weighted by atomic mass is 9.96. The van der Waals surface area contributed by atoms with Crippen LogP contribution in [0.25, 0.3) is 0 Å². The summed E-state index contributed by atoms with van der Waals surface area (Å²) in [6, 6.07) is 14.7. The van der Waals surface area contributed by atoms with Crippen LogP contribution in [0.5, 0.6) is 11.5 Å². The van der Waals surface area contributed by atoms with E-state index >= 15 is 0 Å². The number of benzene rings is 2. The molecule has 0 aromatic heterocycles. The minimum absolute atomic E-state index is 0.329. The van der Waals surface area contributed by atoms with E-state index in [9.17, 15) is 9.59 Å². The molecule has 0 bridgehead atoms. The summed E-state index contributed by atoms with van der Waals surface area (Å²) in [5.41, 5.74) is 0.897. The second-order valence-electron chi connectivity index (χ2n) is 6.60. The number of esters is 1. The van der Waals surface area contributed by atoms with Crippen LogP contribution < -0.4 is 14.8 Å². The van der Waals surface area contributed by atoms with E-state index in [2.05, 4.69) is 5.32 Å². The zero-order valence-corrected chi connectivity index (χ0v) is 16.2. The lowest BCUT2D eigenvalue weighted by Gasteiger charge is -2.15. The van der Waals surface area contributed by atoms with E-state index in [1.54, 1.807) is 18.2 Å². The first-order valence-electron chi connectivity index (χ1n) is 9.51. The highest BCUT2D eigenvalue weighted by Crippen LogP contribution is 2.49. The molecule has 0 unspecified atom stereocenters. The topological polar surface area (TPSA) is 73.9 Å². The van der Waals surface area contributed by atoms with Crippen molar-refractivity contribution in [1.82, 2.24) is 0 Å². The van der Waals surface area contributed by atoms with E-state index in [1.807, 2.05) is 44.2 Å². The highest BCUT2D eigenvalue weighted by molar-refractivity contribution is 5.94. The molecule has 1 aliphatic rings. The molecule has 3 rings (SSSR count). The summed E-state index contributed by atoms with van der Waals surface area (Å²) in [4.78, 5) is 24.7. The van der Waals surface area contributed by atoms with Crippen LogP contribution in [0.15, 0.2) is 48.5 Å². The molecular formula is C22H25NO5. The quantitative estimate of drug-likeness (QED) is 0.669. The molecule has 6 heteroatoms. The largest absolute Gasteiger partial charge is 0.490 e. The second-order valence-corrected chi connectivity index (χ2v) is 6.60. The Bertz CT molecular complexity index is 830. The minimum Gasteiger partial charge on any atom is -0.490 e. The van der Waals surface area contributed by atoms with Crippen molar-refractivity contribution in [1.29, 1.82) is 0 Å². The van der Waals surface area contributed by atoms with Gasteiger partial charge in [0.25, 0.3) is 5.91 Å². The van der Waals surface area contributed by atoms with Crippen molar-refractivity contribution in [3.05, 3.63) is 54.1 Å². The third-order valence-corrected chi connectivity index (χ3v) is 4.63. The van der Waals surface area contributed by atoms with Crippen molar-refractivity contribution in [3.63, 3.8) is 0 Å². The summed E-state index contributed by atoms with van der Waals surface area (Å²) in [7, 11) is 0. The highest BCUT2D eigenvalue weighted by Gasteiger charge is 2.52. The number of ether oxygens (including phenoxy) is 3. The molecule has 1 aliphatic carbocycles. The van der Waals surface area contributed by atoms with E-state index in [-0.39, 0.29) is 12.6 Å². The van der Waals surface area contributed by atoms with E-state index in [1.165, 1.54) is 0 Å². The third kappa shape index (κ3) is 4.44. The Morgan fingerprint density at radius 2 is 1.64 bits per heavy atom. The molecule has 0 spiro atoms. The van der Waals surface area contributed by atoms with Crippen LogP contribution in [-0.2, 0) is 19.7 Å². The second kappa shape index (κ2) is 8.78. The van der Waals surface area contributed by atoms with Crippen LogP contribution in [0.3, 0.4) is 0 Å². The summed E-state index contributed by atoms with van der Waals surface area (Å²) in [6.45, 7) is 4.44. The first-order valence-corrected chi connectivity index (χ1v) is 9.51. The lowest BCUT2D eigenvalue weighted by Crippen LogP contribution is -2.28. The molecule has 0 saturated heterocycles. The predicted molar refractivity (Wildman–Crippen MR) is 106 cm³/mol. The molecule has 0 heterocycles. The summed E-state index contributed by atoms with van der Waals surface area (Å²) >= 11 is 0. The van der Waals surface area contributed by atoms with Gasteiger partial charge in [-0.05, 0) is 44.4 Å². The first-order chi connectivity index (χ1) is 13.6. The molecule has 6 nitrogen and oxygen atoms in total. The maximum atomic E-state index is 12.5. The molecule has 1 fully saturated rings. The van der Waals surface area contributed by atoms with Gasteiger partial charge in [-0.1, -0.05) is 30.3 Å². The molecule has 1 saturated carbocycles. The molecule has 148 valence electrons. The Hall–Kier alpha value is -3.02. The monoisotopic (exact) mass is 383 g/mol. The Morgan fingerprint density at radius 3 is 2.29 bits per heavy atom. The number of carbonyl (C=O) groups excluding carboxylic acids is 2. The Balaban J connectivity index is 1.57. The zero-order valence-electron chi connectivity index (χ0n) is 16.2. The van der Waals surface area contributed by atoms with Crippen LogP contribution in [0, 0.1) is 0 Å². The molecule has 0 atom stereocenters. The molecule has 0 aliphatic heterocycles. The molecule has 2 aromatic rings. The van der Waals surface area contributed by atoms with E-state index < -0.39 is 11.3 Å². The van der Waals surface area contributed by atoms with Crippen LogP contribution in [0.4, 0.5) is 5.69 Å². The fourth-order valence-corrected chi connectivity index (χ4v) is 3.09. The summed E-state index contributed by atoms with van der Waals surface area (Å²) in [5.74, 6) is 0.423. The standard InChI is InChI=1S/C22H25NO5/c1-3-26-18-11-10-17(14-19(18)27-4-2)23-20(24)15-28-21(25)22(12-13-22)16-8-6-5-7-9-16/h5-11,14H,3-4,12-13,15H2,1-2H3,(H,23,24). The van der Waals surface area contributed by atoms with Gasteiger partial charge in [0.15, 0.2) is 18.1 Å². The fourth-order valence-electron chi connectivity index (χ4n) is 3.09. The SMILES string of the molecule is CCOc1ccc(NC(=O)COC(=O)C2(c3ccccc3)CC2)cc1OCC. The van der Waals surface area contributed by atoms with Crippen molar-refractivity contribution in [2.75, 3.05) is 25.1 Å². The summed E-state index contributed by atoms with van der Waals surface area (Å²) < 4.78 is 16.3. The zero-order chi connectivity index (χ0) is 20.0. The van der Waals surface area contributed by atoms with Gasteiger partial charge in [-0.2, -0.15) is 0 Å². The normalized spacial score (nSPS) is 14.1. The summed E-state index contributed by atoms with van der Waals surface area (Å²) in [5, 5.41) is 2.73. The van der Waals surface area contributed by atoms with Gasteiger partial charge >= 0.3 is 5.97 Å². The first kappa shape index (κ1) is 19.7. The van der Waals surface area contributed by atoms with Gasteiger partial charge in [-0.15, -0.1) is 0 Å². The summed E-state index contributed by atoms with van der Waals surface area (Å²) in [6.07, 6.45) is 1.49. The number of rotatable bonds is 9. The van der Waals surface area contributed by atoms with Gasteiger partial charge < -0.3 is 19.5 Å². The van der Waals surface area contributed by atoms with Gasteiger partial charge in [0.2, 0.25) is 0 Å². The van der Waals surface area contributed by atoms with Crippen LogP contribution in [-0.4, -0.2) is 31.7 Å². The number of carbonyl (C=O) groups is 2. The molecular weight excluding hydrogens is 358 g/mol. The van der Waals surface area contributed by atoms with Crippen molar-refractivity contribution < 1.29 is 23.8 Å². The van der Waals surface area contributed by atoms with Gasteiger partial charge in [-0.25, -0.2) is 0 Å². The van der Waals surface area contributed by atoms with E-state index in [0.717, 1.165) is 18.4 Å². The van der Waals surface area contributed by atoms with E-state index in [0.29, 0.717) is 30.4 Å². The average molecular weight is 383 g/mol. The number of hydrogen-bond acceptors (Lipinski definition) is 5. The average Bonchev–Trinajstić information content (AvgIpc) is 3.51. The number of nitrogens with one attached hydrogen (secondary N) is 1. The fraction of sp³-hybridized carbons (Fsp3) is 0.364. The minimum atomic E-state index is -0.594. The molecule has 1 N–H and O–H groups in total. The molecule has 2 aromatic carbocycles. The van der Waals surface area contributed by atoms with Gasteiger partial charge in [0.1, 0.15) is 0 Å². The number of hydrogen-bond donors (Lipinski definition) is 1. The van der Waals surface area contributed by atoms with Crippen LogP contribution in [0.2, 0.25) is 0 Å². The maximum Gasteiger partial charge on any atom is 0.317 e.